The molecule has 7 nitrogen and oxygen atoms in total. The molecule has 0 spiro atoms. The van der Waals surface area contributed by atoms with E-state index in [0.29, 0.717) is 25.2 Å². The molecule has 0 bridgehead atoms. The Balaban J connectivity index is 1.13. The summed E-state index contributed by atoms with van der Waals surface area (Å²) in [6.45, 7) is 4.79. The Labute approximate surface area is 185 Å². The number of carbonyl (C=O) groups excluding carboxylic acids is 1. The van der Waals surface area contributed by atoms with Crippen LogP contribution in [0.25, 0.3) is 11.1 Å². The molecular weight excluding hydrogens is 411 g/mol. The van der Waals surface area contributed by atoms with E-state index < -0.39 is 0 Å². The number of hydrogen-bond donors (Lipinski definition) is 0. The largest absolute Gasteiger partial charge is 0.420 e. The summed E-state index contributed by atoms with van der Waals surface area (Å²) in [5, 5.41) is 0. The quantitative estimate of drug-likeness (QED) is 0.627. The van der Waals surface area contributed by atoms with Crippen LogP contribution in [0, 0.1) is 5.82 Å². The monoisotopic (exact) mass is 438 g/mol. The summed E-state index contributed by atoms with van der Waals surface area (Å²) < 4.78 is 20.3. The lowest BCUT2D eigenvalue weighted by Crippen LogP contribution is -2.52. The van der Waals surface area contributed by atoms with Crippen molar-refractivity contribution in [3.63, 3.8) is 0 Å². The molecule has 0 saturated carbocycles. The number of oxazole rings is 1. The van der Waals surface area contributed by atoms with E-state index in [9.17, 15) is 14.0 Å². The SMILES string of the molecule is O=C(CN1CCC(n2c(=O)oc3ccccc32)CC1)N1CCN(c2ccc(F)cc2)CC1. The first-order valence-electron chi connectivity index (χ1n) is 11.2. The summed E-state index contributed by atoms with van der Waals surface area (Å²) in [4.78, 5) is 31.5. The second-order valence-electron chi connectivity index (χ2n) is 8.56. The number of benzene rings is 2. The highest BCUT2D eigenvalue weighted by Gasteiger charge is 2.27. The molecule has 2 fully saturated rings. The van der Waals surface area contributed by atoms with E-state index in [4.69, 9.17) is 4.42 Å². The molecule has 2 aromatic carbocycles. The number of likely N-dealkylation sites (tertiary alicyclic amines) is 1. The maximum absolute atomic E-state index is 13.1. The van der Waals surface area contributed by atoms with Gasteiger partial charge in [0, 0.05) is 51.0 Å². The number of fused-ring (bicyclic) bond motifs is 1. The highest BCUT2D eigenvalue weighted by atomic mass is 19.1. The molecule has 3 heterocycles. The average Bonchev–Trinajstić information content (AvgIpc) is 3.16. The van der Waals surface area contributed by atoms with E-state index in [1.165, 1.54) is 12.1 Å². The van der Waals surface area contributed by atoms with E-state index in [2.05, 4.69) is 9.80 Å². The summed E-state index contributed by atoms with van der Waals surface area (Å²) in [7, 11) is 0. The normalized spacial score (nSPS) is 18.4. The van der Waals surface area contributed by atoms with Crippen molar-refractivity contribution < 1.29 is 13.6 Å². The van der Waals surface area contributed by atoms with E-state index in [1.807, 2.05) is 29.2 Å². The predicted octanol–water partition coefficient (Wildman–Crippen LogP) is 2.72. The summed E-state index contributed by atoms with van der Waals surface area (Å²) in [5.41, 5.74) is 2.45. The predicted molar refractivity (Wildman–Crippen MR) is 120 cm³/mol. The van der Waals surface area contributed by atoms with Crippen LogP contribution in [0.1, 0.15) is 18.9 Å². The number of piperidine rings is 1. The lowest BCUT2D eigenvalue weighted by molar-refractivity contribution is -0.133. The minimum atomic E-state index is -0.306. The molecular formula is C24H27FN4O3. The van der Waals surface area contributed by atoms with Gasteiger partial charge in [0.15, 0.2) is 5.58 Å². The molecule has 0 unspecified atom stereocenters. The zero-order valence-corrected chi connectivity index (χ0v) is 18.0. The Bertz CT molecular complexity index is 1140. The van der Waals surface area contributed by atoms with Crippen molar-refractivity contribution >= 4 is 22.7 Å². The molecule has 5 rings (SSSR count). The van der Waals surface area contributed by atoms with Gasteiger partial charge < -0.3 is 14.2 Å². The summed E-state index contributed by atoms with van der Waals surface area (Å²) in [6, 6.07) is 14.1. The molecule has 32 heavy (non-hydrogen) atoms. The molecule has 3 aromatic rings. The third kappa shape index (κ3) is 4.14. The highest BCUT2D eigenvalue weighted by Crippen LogP contribution is 2.25. The molecule has 2 aliphatic heterocycles. The topological polar surface area (TPSA) is 61.9 Å². The molecule has 2 aliphatic rings. The number of para-hydroxylation sites is 2. The van der Waals surface area contributed by atoms with Crippen molar-refractivity contribution in [2.75, 3.05) is 50.7 Å². The van der Waals surface area contributed by atoms with Crippen LogP contribution in [0.3, 0.4) is 0 Å². The van der Waals surface area contributed by atoms with Crippen LogP contribution in [0.15, 0.2) is 57.7 Å². The van der Waals surface area contributed by atoms with E-state index >= 15 is 0 Å². The Hall–Kier alpha value is -3.13. The lowest BCUT2D eigenvalue weighted by atomic mass is 10.0. The minimum Gasteiger partial charge on any atom is -0.408 e. The number of aromatic nitrogens is 1. The van der Waals surface area contributed by atoms with Gasteiger partial charge in [-0.25, -0.2) is 9.18 Å². The third-order valence-corrected chi connectivity index (χ3v) is 6.62. The highest BCUT2D eigenvalue weighted by molar-refractivity contribution is 5.78. The summed E-state index contributed by atoms with van der Waals surface area (Å²) >= 11 is 0. The van der Waals surface area contributed by atoms with Gasteiger partial charge in [0.25, 0.3) is 0 Å². The van der Waals surface area contributed by atoms with Crippen LogP contribution in [-0.2, 0) is 4.79 Å². The molecule has 0 atom stereocenters. The molecule has 8 heteroatoms. The number of amides is 1. The van der Waals surface area contributed by atoms with Crippen molar-refractivity contribution in [1.82, 2.24) is 14.4 Å². The first kappa shape index (κ1) is 20.8. The smallest absolute Gasteiger partial charge is 0.408 e. The van der Waals surface area contributed by atoms with E-state index in [1.54, 1.807) is 16.7 Å². The minimum absolute atomic E-state index is 0.0942. The third-order valence-electron chi connectivity index (χ3n) is 6.62. The fourth-order valence-corrected chi connectivity index (χ4v) is 4.82. The Morgan fingerprint density at radius 1 is 0.938 bits per heavy atom. The zero-order chi connectivity index (χ0) is 22.1. The summed E-state index contributed by atoms with van der Waals surface area (Å²) in [5.74, 6) is -0.398. The van der Waals surface area contributed by atoms with Gasteiger partial charge in [0.05, 0.1) is 12.1 Å². The van der Waals surface area contributed by atoms with Gasteiger partial charge in [-0.05, 0) is 49.2 Å². The number of halogens is 1. The van der Waals surface area contributed by atoms with Gasteiger partial charge >= 0.3 is 5.76 Å². The van der Waals surface area contributed by atoms with Crippen LogP contribution < -0.4 is 10.7 Å². The fraction of sp³-hybridized carbons (Fsp3) is 0.417. The van der Waals surface area contributed by atoms with Crippen LogP contribution in [0.2, 0.25) is 0 Å². The van der Waals surface area contributed by atoms with E-state index in [-0.39, 0.29) is 23.5 Å². The van der Waals surface area contributed by atoms with Gasteiger partial charge in [-0.3, -0.25) is 14.3 Å². The van der Waals surface area contributed by atoms with Crippen LogP contribution in [0.5, 0.6) is 0 Å². The van der Waals surface area contributed by atoms with E-state index in [0.717, 1.165) is 50.2 Å². The second kappa shape index (κ2) is 8.78. The Morgan fingerprint density at radius 3 is 2.34 bits per heavy atom. The molecule has 0 N–H and O–H groups in total. The van der Waals surface area contributed by atoms with Crippen molar-refractivity contribution in [3.05, 3.63) is 64.9 Å². The van der Waals surface area contributed by atoms with Gasteiger partial charge in [-0.2, -0.15) is 0 Å². The van der Waals surface area contributed by atoms with Crippen LogP contribution >= 0.6 is 0 Å². The maximum Gasteiger partial charge on any atom is 0.420 e. The molecule has 168 valence electrons. The van der Waals surface area contributed by atoms with Gasteiger partial charge in [-0.1, -0.05) is 12.1 Å². The molecule has 1 aromatic heterocycles. The average molecular weight is 439 g/mol. The summed E-state index contributed by atoms with van der Waals surface area (Å²) in [6.07, 6.45) is 1.63. The number of carbonyl (C=O) groups is 1. The van der Waals surface area contributed by atoms with Crippen molar-refractivity contribution in [1.29, 1.82) is 0 Å². The number of anilines is 1. The maximum atomic E-state index is 13.1. The second-order valence-corrected chi connectivity index (χ2v) is 8.56. The molecule has 0 radical (unpaired) electrons. The van der Waals surface area contributed by atoms with Gasteiger partial charge in [0.2, 0.25) is 5.91 Å². The van der Waals surface area contributed by atoms with Crippen LogP contribution in [0.4, 0.5) is 10.1 Å². The van der Waals surface area contributed by atoms with Crippen LogP contribution in [-0.4, -0.2) is 66.1 Å². The zero-order valence-electron chi connectivity index (χ0n) is 18.0. The molecule has 0 aliphatic carbocycles. The Morgan fingerprint density at radius 2 is 1.62 bits per heavy atom. The lowest BCUT2D eigenvalue weighted by Gasteiger charge is -2.38. The number of hydrogen-bond acceptors (Lipinski definition) is 5. The number of piperazine rings is 1. The first-order chi connectivity index (χ1) is 15.6. The fourth-order valence-electron chi connectivity index (χ4n) is 4.82. The molecule has 2 saturated heterocycles. The standard InChI is InChI=1S/C24H27FN4O3/c25-18-5-7-19(8-6-18)27-13-15-28(16-14-27)23(30)17-26-11-9-20(10-12-26)29-21-3-1-2-4-22(21)32-24(29)31/h1-8,20H,9-17H2. The van der Waals surface area contributed by atoms with Crippen molar-refractivity contribution in [2.24, 2.45) is 0 Å². The number of rotatable bonds is 4. The first-order valence-corrected chi connectivity index (χ1v) is 11.2. The Kier molecular flexibility index (Phi) is 5.70. The van der Waals surface area contributed by atoms with Gasteiger partial charge in [0.1, 0.15) is 5.82 Å². The molecule has 1 amide bonds. The van der Waals surface area contributed by atoms with Crippen molar-refractivity contribution in [2.45, 2.75) is 18.9 Å². The van der Waals surface area contributed by atoms with Gasteiger partial charge in [-0.15, -0.1) is 0 Å². The van der Waals surface area contributed by atoms with Crippen molar-refractivity contribution in [3.8, 4) is 0 Å². The number of nitrogens with zero attached hydrogens (tertiary/aromatic N) is 4.